The predicted octanol–water partition coefficient (Wildman–Crippen LogP) is 1.63. The van der Waals surface area contributed by atoms with E-state index < -0.39 is 18.0 Å². The number of ether oxygens (including phenoxy) is 2. The Morgan fingerprint density at radius 1 is 1.26 bits per heavy atom. The van der Waals surface area contributed by atoms with Crippen LogP contribution in [0.25, 0.3) is 0 Å². The summed E-state index contributed by atoms with van der Waals surface area (Å²) in [7, 11) is 0. The molecular weight excluding hydrogens is 300 g/mol. The maximum atomic E-state index is 12.3. The summed E-state index contributed by atoms with van der Waals surface area (Å²) in [4.78, 5) is 38.9. The van der Waals surface area contributed by atoms with Crippen molar-refractivity contribution in [3.63, 3.8) is 0 Å². The van der Waals surface area contributed by atoms with E-state index in [1.807, 2.05) is 0 Å². The summed E-state index contributed by atoms with van der Waals surface area (Å²) in [6.45, 7) is 6.79. The minimum atomic E-state index is -0.886. The van der Waals surface area contributed by atoms with Crippen molar-refractivity contribution in [2.24, 2.45) is 0 Å². The molecule has 0 bridgehead atoms. The van der Waals surface area contributed by atoms with Crippen molar-refractivity contribution in [2.45, 2.75) is 52.7 Å². The highest BCUT2D eigenvalue weighted by atomic mass is 16.5. The molecule has 0 unspecified atom stereocenters. The Kier molecular flexibility index (Phi) is 5.08. The van der Waals surface area contributed by atoms with Crippen molar-refractivity contribution in [2.75, 3.05) is 6.61 Å². The summed E-state index contributed by atoms with van der Waals surface area (Å²) < 4.78 is 10.2. The standard InChI is InChI=1S/C16H22N2O5/c1-5-22-16(21)13-8(2)12(9(3)17-13)15(20)23-10(4)14(19)18-11-6-7-11/h10-11,17H,5-7H2,1-4H3,(H,18,19)/t10-/m1/s1. The molecule has 0 radical (unpaired) electrons. The quantitative estimate of drug-likeness (QED) is 0.776. The number of esters is 2. The molecule has 1 saturated carbocycles. The number of amides is 1. The van der Waals surface area contributed by atoms with Gasteiger partial charge in [0.25, 0.3) is 5.91 Å². The van der Waals surface area contributed by atoms with Crippen LogP contribution in [-0.4, -0.2) is 41.6 Å². The van der Waals surface area contributed by atoms with E-state index in [1.54, 1.807) is 20.8 Å². The average molecular weight is 322 g/mol. The molecule has 0 aromatic carbocycles. The summed E-state index contributed by atoms with van der Waals surface area (Å²) in [5.41, 5.74) is 1.46. The monoisotopic (exact) mass is 322 g/mol. The van der Waals surface area contributed by atoms with Gasteiger partial charge in [0.2, 0.25) is 0 Å². The number of aryl methyl sites for hydroxylation is 1. The highest BCUT2D eigenvalue weighted by molar-refractivity contribution is 5.99. The molecule has 1 atom stereocenters. The van der Waals surface area contributed by atoms with Crippen LogP contribution in [-0.2, 0) is 14.3 Å². The lowest BCUT2D eigenvalue weighted by molar-refractivity contribution is -0.129. The molecular formula is C16H22N2O5. The van der Waals surface area contributed by atoms with Gasteiger partial charge in [0, 0.05) is 11.7 Å². The van der Waals surface area contributed by atoms with Crippen LogP contribution < -0.4 is 5.32 Å². The lowest BCUT2D eigenvalue weighted by Crippen LogP contribution is -2.37. The van der Waals surface area contributed by atoms with Crippen LogP contribution in [0.2, 0.25) is 0 Å². The van der Waals surface area contributed by atoms with E-state index in [4.69, 9.17) is 9.47 Å². The van der Waals surface area contributed by atoms with E-state index in [9.17, 15) is 14.4 Å². The Balaban J connectivity index is 2.09. The second-order valence-electron chi connectivity index (χ2n) is 5.68. The highest BCUT2D eigenvalue weighted by Crippen LogP contribution is 2.21. The highest BCUT2D eigenvalue weighted by Gasteiger charge is 2.29. The summed E-state index contributed by atoms with van der Waals surface area (Å²) in [5.74, 6) is -1.46. The molecule has 1 amide bonds. The molecule has 0 saturated heterocycles. The zero-order valence-corrected chi connectivity index (χ0v) is 13.8. The van der Waals surface area contributed by atoms with Crippen LogP contribution in [0.15, 0.2) is 0 Å². The molecule has 0 spiro atoms. The van der Waals surface area contributed by atoms with E-state index >= 15 is 0 Å². The zero-order valence-electron chi connectivity index (χ0n) is 13.8. The molecule has 0 aliphatic heterocycles. The van der Waals surface area contributed by atoms with Gasteiger partial charge in [-0.25, -0.2) is 9.59 Å². The fourth-order valence-electron chi connectivity index (χ4n) is 2.28. The number of hydrogen-bond acceptors (Lipinski definition) is 5. The molecule has 126 valence electrons. The van der Waals surface area contributed by atoms with Crippen molar-refractivity contribution in [3.8, 4) is 0 Å². The maximum absolute atomic E-state index is 12.3. The summed E-state index contributed by atoms with van der Waals surface area (Å²) in [5, 5.41) is 2.78. The fourth-order valence-corrected chi connectivity index (χ4v) is 2.28. The molecule has 1 aromatic heterocycles. The van der Waals surface area contributed by atoms with Gasteiger partial charge in [0.05, 0.1) is 12.2 Å². The lowest BCUT2D eigenvalue weighted by atomic mass is 10.1. The van der Waals surface area contributed by atoms with E-state index in [0.717, 1.165) is 12.8 Å². The van der Waals surface area contributed by atoms with E-state index in [-0.39, 0.29) is 29.8 Å². The zero-order chi connectivity index (χ0) is 17.1. The van der Waals surface area contributed by atoms with Gasteiger partial charge < -0.3 is 19.8 Å². The van der Waals surface area contributed by atoms with Gasteiger partial charge in [-0.1, -0.05) is 0 Å². The summed E-state index contributed by atoms with van der Waals surface area (Å²) in [6, 6.07) is 0.204. The normalized spacial score (nSPS) is 15.0. The minimum absolute atomic E-state index is 0.204. The first-order valence-corrected chi connectivity index (χ1v) is 7.72. The Labute approximate surface area is 134 Å². The van der Waals surface area contributed by atoms with Crippen molar-refractivity contribution < 1.29 is 23.9 Å². The van der Waals surface area contributed by atoms with E-state index in [0.29, 0.717) is 11.3 Å². The van der Waals surface area contributed by atoms with Gasteiger partial charge in [0.1, 0.15) is 5.69 Å². The molecule has 1 heterocycles. The summed E-state index contributed by atoms with van der Waals surface area (Å²) in [6.07, 6.45) is 1.04. The third kappa shape index (κ3) is 3.91. The van der Waals surface area contributed by atoms with Gasteiger partial charge in [-0.15, -0.1) is 0 Å². The first-order valence-electron chi connectivity index (χ1n) is 7.72. The number of aromatic amines is 1. The number of H-pyrrole nitrogens is 1. The van der Waals surface area contributed by atoms with Crippen molar-refractivity contribution in [1.82, 2.24) is 10.3 Å². The van der Waals surface area contributed by atoms with Crippen molar-refractivity contribution >= 4 is 17.8 Å². The van der Waals surface area contributed by atoms with Crippen molar-refractivity contribution in [3.05, 3.63) is 22.5 Å². The predicted molar refractivity (Wildman–Crippen MR) is 82.3 cm³/mol. The molecule has 23 heavy (non-hydrogen) atoms. The van der Waals surface area contributed by atoms with E-state index in [1.165, 1.54) is 6.92 Å². The number of rotatable bonds is 6. The largest absolute Gasteiger partial charge is 0.461 e. The van der Waals surface area contributed by atoms with Gasteiger partial charge in [-0.2, -0.15) is 0 Å². The topological polar surface area (TPSA) is 97.5 Å². The molecule has 1 aliphatic carbocycles. The molecule has 1 aromatic rings. The third-order valence-corrected chi connectivity index (χ3v) is 3.70. The van der Waals surface area contributed by atoms with Crippen LogP contribution in [0, 0.1) is 13.8 Å². The number of carbonyl (C=O) groups is 3. The maximum Gasteiger partial charge on any atom is 0.355 e. The number of hydrogen-bond donors (Lipinski definition) is 2. The second-order valence-corrected chi connectivity index (χ2v) is 5.68. The number of carbonyl (C=O) groups excluding carboxylic acids is 3. The number of nitrogens with one attached hydrogen (secondary N) is 2. The van der Waals surface area contributed by atoms with Crippen LogP contribution in [0.4, 0.5) is 0 Å². The first-order chi connectivity index (χ1) is 10.8. The molecule has 7 nitrogen and oxygen atoms in total. The van der Waals surface area contributed by atoms with Crippen LogP contribution in [0.5, 0.6) is 0 Å². The summed E-state index contributed by atoms with van der Waals surface area (Å²) >= 11 is 0. The Hall–Kier alpha value is -2.31. The van der Waals surface area contributed by atoms with Gasteiger partial charge in [-0.3, -0.25) is 4.79 Å². The minimum Gasteiger partial charge on any atom is -0.461 e. The molecule has 1 aliphatic rings. The smallest absolute Gasteiger partial charge is 0.355 e. The van der Waals surface area contributed by atoms with Gasteiger partial charge >= 0.3 is 11.9 Å². The van der Waals surface area contributed by atoms with Gasteiger partial charge in [-0.05, 0) is 46.1 Å². The molecule has 2 rings (SSSR count). The molecule has 1 fully saturated rings. The first kappa shape index (κ1) is 17.1. The molecule has 2 N–H and O–H groups in total. The van der Waals surface area contributed by atoms with E-state index in [2.05, 4.69) is 10.3 Å². The SMILES string of the molecule is CCOC(=O)c1[nH]c(C)c(C(=O)O[C@H](C)C(=O)NC2CC2)c1C. The Bertz CT molecular complexity index is 631. The Morgan fingerprint density at radius 2 is 1.91 bits per heavy atom. The number of aromatic nitrogens is 1. The second kappa shape index (κ2) is 6.85. The lowest BCUT2D eigenvalue weighted by Gasteiger charge is -2.13. The van der Waals surface area contributed by atoms with Crippen molar-refractivity contribution in [1.29, 1.82) is 0 Å². The Morgan fingerprint density at radius 3 is 2.48 bits per heavy atom. The molecule has 7 heteroatoms. The van der Waals surface area contributed by atoms with Crippen LogP contribution >= 0.6 is 0 Å². The average Bonchev–Trinajstić information content (AvgIpc) is 3.23. The fraction of sp³-hybridized carbons (Fsp3) is 0.562. The van der Waals surface area contributed by atoms with Gasteiger partial charge in [0.15, 0.2) is 6.10 Å². The third-order valence-electron chi connectivity index (χ3n) is 3.70. The van der Waals surface area contributed by atoms with Crippen LogP contribution in [0.1, 0.15) is 58.8 Å². The van der Waals surface area contributed by atoms with Crippen LogP contribution in [0.3, 0.4) is 0 Å².